The minimum Gasteiger partial charge on any atom is -0.496 e. The van der Waals surface area contributed by atoms with Crippen LogP contribution < -0.4 is 9.46 Å². The number of aryl methyl sites for hydroxylation is 1. The molecule has 118 valence electrons. The zero-order valence-corrected chi connectivity index (χ0v) is 13.8. The SMILES string of the molecule is COc1ccc(Cl)cc1CNS(=O)(=O)CCc1ccccc1. The molecule has 0 spiro atoms. The maximum atomic E-state index is 12.1. The van der Waals surface area contributed by atoms with Gasteiger partial charge in [0.05, 0.1) is 12.9 Å². The predicted octanol–water partition coefficient (Wildman–Crippen LogP) is 3.01. The first kappa shape index (κ1) is 16.8. The van der Waals surface area contributed by atoms with Crippen molar-refractivity contribution in [1.82, 2.24) is 4.72 Å². The monoisotopic (exact) mass is 339 g/mol. The molecule has 0 fully saturated rings. The second kappa shape index (κ2) is 7.63. The number of hydrogen-bond donors (Lipinski definition) is 1. The van der Waals surface area contributed by atoms with Gasteiger partial charge in [0.2, 0.25) is 10.0 Å². The molecular formula is C16H18ClNO3S. The van der Waals surface area contributed by atoms with Crippen molar-refractivity contribution in [3.63, 3.8) is 0 Å². The van der Waals surface area contributed by atoms with E-state index in [1.54, 1.807) is 18.2 Å². The second-order valence-electron chi connectivity index (χ2n) is 4.83. The summed E-state index contributed by atoms with van der Waals surface area (Å²) in [5.41, 5.74) is 1.70. The highest BCUT2D eigenvalue weighted by Gasteiger charge is 2.12. The lowest BCUT2D eigenvalue weighted by atomic mass is 10.2. The van der Waals surface area contributed by atoms with Crippen LogP contribution >= 0.6 is 11.6 Å². The van der Waals surface area contributed by atoms with E-state index in [2.05, 4.69) is 4.72 Å². The van der Waals surface area contributed by atoms with E-state index < -0.39 is 10.0 Å². The van der Waals surface area contributed by atoms with Crippen LogP contribution in [0.5, 0.6) is 5.75 Å². The predicted molar refractivity (Wildman–Crippen MR) is 88.8 cm³/mol. The van der Waals surface area contributed by atoms with Crippen LogP contribution in [-0.4, -0.2) is 21.3 Å². The highest BCUT2D eigenvalue weighted by molar-refractivity contribution is 7.89. The van der Waals surface area contributed by atoms with Gasteiger partial charge < -0.3 is 4.74 Å². The molecule has 0 aromatic heterocycles. The molecule has 0 heterocycles. The first-order chi connectivity index (χ1) is 10.5. The van der Waals surface area contributed by atoms with Gasteiger partial charge in [-0.2, -0.15) is 0 Å². The fourth-order valence-electron chi connectivity index (χ4n) is 2.04. The van der Waals surface area contributed by atoms with E-state index in [-0.39, 0.29) is 12.3 Å². The van der Waals surface area contributed by atoms with Gasteiger partial charge in [0.1, 0.15) is 5.75 Å². The minimum atomic E-state index is -3.36. The van der Waals surface area contributed by atoms with Crippen molar-refractivity contribution in [2.24, 2.45) is 0 Å². The van der Waals surface area contributed by atoms with Gasteiger partial charge in [-0.15, -0.1) is 0 Å². The fraction of sp³-hybridized carbons (Fsp3) is 0.250. The Bertz CT molecular complexity index is 717. The van der Waals surface area contributed by atoms with Crippen LogP contribution in [0.1, 0.15) is 11.1 Å². The maximum absolute atomic E-state index is 12.1. The van der Waals surface area contributed by atoms with Gasteiger partial charge in [0.15, 0.2) is 0 Å². The van der Waals surface area contributed by atoms with Gasteiger partial charge in [-0.05, 0) is 30.2 Å². The summed E-state index contributed by atoms with van der Waals surface area (Å²) in [4.78, 5) is 0. The van der Waals surface area contributed by atoms with Crippen LogP contribution in [0.25, 0.3) is 0 Å². The van der Waals surface area contributed by atoms with Crippen molar-refractivity contribution < 1.29 is 13.2 Å². The molecule has 0 aliphatic heterocycles. The Hall–Kier alpha value is -1.56. The van der Waals surface area contributed by atoms with E-state index in [0.717, 1.165) is 5.56 Å². The summed E-state index contributed by atoms with van der Waals surface area (Å²) in [6.07, 6.45) is 0.475. The van der Waals surface area contributed by atoms with Crippen molar-refractivity contribution in [3.05, 3.63) is 64.7 Å². The third-order valence-electron chi connectivity index (χ3n) is 3.23. The molecule has 0 saturated heterocycles. The minimum absolute atomic E-state index is 0.0416. The Morgan fingerprint density at radius 2 is 1.86 bits per heavy atom. The molecule has 2 aromatic carbocycles. The summed E-state index contributed by atoms with van der Waals surface area (Å²) in [5.74, 6) is 0.648. The standard InChI is InChI=1S/C16H18ClNO3S/c1-21-16-8-7-15(17)11-14(16)12-18-22(19,20)10-9-13-5-3-2-4-6-13/h2-8,11,18H,9-10,12H2,1H3. The number of ether oxygens (including phenoxy) is 1. The van der Waals surface area contributed by atoms with E-state index in [0.29, 0.717) is 22.8 Å². The van der Waals surface area contributed by atoms with E-state index >= 15 is 0 Å². The maximum Gasteiger partial charge on any atom is 0.212 e. The molecule has 0 radical (unpaired) electrons. The third-order valence-corrected chi connectivity index (χ3v) is 4.79. The molecule has 4 nitrogen and oxygen atoms in total. The smallest absolute Gasteiger partial charge is 0.212 e. The number of methoxy groups -OCH3 is 1. The second-order valence-corrected chi connectivity index (χ2v) is 7.19. The Kier molecular flexibility index (Phi) is 5.83. The molecular weight excluding hydrogens is 322 g/mol. The molecule has 22 heavy (non-hydrogen) atoms. The van der Waals surface area contributed by atoms with Gasteiger partial charge in [0, 0.05) is 17.1 Å². The molecule has 0 aliphatic carbocycles. The Balaban J connectivity index is 1.96. The van der Waals surface area contributed by atoms with Crippen LogP contribution in [0.3, 0.4) is 0 Å². The number of benzene rings is 2. The molecule has 0 aliphatic rings. The van der Waals surface area contributed by atoms with E-state index in [1.165, 1.54) is 7.11 Å². The Labute approximate surface area is 136 Å². The lowest BCUT2D eigenvalue weighted by molar-refractivity contribution is 0.409. The summed E-state index contributed by atoms with van der Waals surface area (Å²) in [6.45, 7) is 0.154. The molecule has 0 saturated carbocycles. The molecule has 0 amide bonds. The van der Waals surface area contributed by atoms with Gasteiger partial charge in [-0.1, -0.05) is 41.9 Å². The Morgan fingerprint density at radius 1 is 1.14 bits per heavy atom. The van der Waals surface area contributed by atoms with Crippen molar-refractivity contribution in [1.29, 1.82) is 0 Å². The number of rotatable bonds is 7. The molecule has 1 N–H and O–H groups in total. The first-order valence-corrected chi connectivity index (χ1v) is 8.87. The van der Waals surface area contributed by atoms with Gasteiger partial charge >= 0.3 is 0 Å². The number of halogens is 1. The summed E-state index contributed by atoms with van der Waals surface area (Å²) >= 11 is 5.93. The number of hydrogen-bond acceptors (Lipinski definition) is 3. The van der Waals surface area contributed by atoms with Crippen LogP contribution in [0, 0.1) is 0 Å². The zero-order chi connectivity index (χ0) is 16.0. The summed E-state index contributed by atoms with van der Waals surface area (Å²) in [6, 6.07) is 14.6. The lowest BCUT2D eigenvalue weighted by Gasteiger charge is -2.11. The normalized spacial score (nSPS) is 11.4. The van der Waals surface area contributed by atoms with Crippen LogP contribution in [0.2, 0.25) is 5.02 Å². The van der Waals surface area contributed by atoms with E-state index in [4.69, 9.17) is 16.3 Å². The van der Waals surface area contributed by atoms with Crippen molar-refractivity contribution >= 4 is 21.6 Å². The summed E-state index contributed by atoms with van der Waals surface area (Å²) in [7, 11) is -1.83. The molecule has 2 rings (SSSR count). The van der Waals surface area contributed by atoms with Gasteiger partial charge in [0.25, 0.3) is 0 Å². The third kappa shape index (κ3) is 5.02. The van der Waals surface area contributed by atoms with Gasteiger partial charge in [-0.25, -0.2) is 13.1 Å². The largest absolute Gasteiger partial charge is 0.496 e. The molecule has 0 atom stereocenters. The summed E-state index contributed by atoms with van der Waals surface area (Å²) in [5, 5.41) is 0.541. The first-order valence-electron chi connectivity index (χ1n) is 6.84. The van der Waals surface area contributed by atoms with Crippen molar-refractivity contribution in [2.75, 3.05) is 12.9 Å². The summed E-state index contributed by atoms with van der Waals surface area (Å²) < 4.78 is 31.9. The number of nitrogens with one attached hydrogen (secondary N) is 1. The molecule has 6 heteroatoms. The molecule has 2 aromatic rings. The van der Waals surface area contributed by atoms with Crippen LogP contribution in [-0.2, 0) is 23.0 Å². The topological polar surface area (TPSA) is 55.4 Å². The molecule has 0 bridgehead atoms. The van der Waals surface area contributed by atoms with Crippen LogP contribution in [0.4, 0.5) is 0 Å². The zero-order valence-electron chi connectivity index (χ0n) is 12.3. The fourth-order valence-corrected chi connectivity index (χ4v) is 3.26. The van der Waals surface area contributed by atoms with E-state index in [1.807, 2.05) is 30.3 Å². The molecule has 0 unspecified atom stereocenters. The highest BCUT2D eigenvalue weighted by Crippen LogP contribution is 2.22. The highest BCUT2D eigenvalue weighted by atomic mass is 35.5. The van der Waals surface area contributed by atoms with Crippen molar-refractivity contribution in [3.8, 4) is 5.75 Å². The average Bonchev–Trinajstić information content (AvgIpc) is 2.52. The number of sulfonamides is 1. The van der Waals surface area contributed by atoms with E-state index in [9.17, 15) is 8.42 Å². The average molecular weight is 340 g/mol. The quantitative estimate of drug-likeness (QED) is 0.843. The van der Waals surface area contributed by atoms with Crippen molar-refractivity contribution in [2.45, 2.75) is 13.0 Å². The van der Waals surface area contributed by atoms with Crippen LogP contribution in [0.15, 0.2) is 48.5 Å². The Morgan fingerprint density at radius 3 is 2.55 bits per heavy atom. The lowest BCUT2D eigenvalue weighted by Crippen LogP contribution is -2.27. The van der Waals surface area contributed by atoms with Gasteiger partial charge in [-0.3, -0.25) is 0 Å².